The fourth-order valence-electron chi connectivity index (χ4n) is 3.06. The van der Waals surface area contributed by atoms with Crippen LogP contribution in [-0.2, 0) is 6.54 Å². The number of benzene rings is 2. The zero-order valence-electron chi connectivity index (χ0n) is 18.2. The van der Waals surface area contributed by atoms with Crippen molar-refractivity contribution >= 4 is 5.91 Å². The summed E-state index contributed by atoms with van der Waals surface area (Å²) in [4.78, 5) is 40.4. The summed E-state index contributed by atoms with van der Waals surface area (Å²) in [5.41, 5.74) is -1.44. The molecule has 3 rings (SSSR count). The van der Waals surface area contributed by atoms with Crippen molar-refractivity contribution in [2.45, 2.75) is 13.5 Å². The first kappa shape index (κ1) is 22.7. The summed E-state index contributed by atoms with van der Waals surface area (Å²) >= 11 is 0. The SMILES string of the molecule is CCN(C)C(=O)c1nn(-c2ccc(OC)c(OC)c2)c(=O)n(Cc2cccc(F)c2)c1=O. The topological polar surface area (TPSA) is 95.7 Å². The first-order chi connectivity index (χ1) is 15.3. The van der Waals surface area contributed by atoms with E-state index in [1.54, 1.807) is 25.1 Å². The van der Waals surface area contributed by atoms with E-state index >= 15 is 0 Å². The van der Waals surface area contributed by atoms with Gasteiger partial charge in [-0.05, 0) is 36.8 Å². The summed E-state index contributed by atoms with van der Waals surface area (Å²) in [6.07, 6.45) is 0. The molecule has 0 saturated carbocycles. The van der Waals surface area contributed by atoms with Gasteiger partial charge in [-0.2, -0.15) is 9.78 Å². The van der Waals surface area contributed by atoms with E-state index in [9.17, 15) is 18.8 Å². The van der Waals surface area contributed by atoms with Crippen LogP contribution in [0.5, 0.6) is 11.5 Å². The van der Waals surface area contributed by atoms with Crippen LogP contribution in [0.15, 0.2) is 52.1 Å². The first-order valence-electron chi connectivity index (χ1n) is 9.77. The third kappa shape index (κ3) is 4.39. The summed E-state index contributed by atoms with van der Waals surface area (Å²) < 4.78 is 26.0. The minimum atomic E-state index is -0.860. The molecule has 3 aromatic rings. The highest BCUT2D eigenvalue weighted by atomic mass is 19.1. The van der Waals surface area contributed by atoms with Crippen molar-refractivity contribution in [1.82, 2.24) is 19.2 Å². The number of carbonyl (C=O) groups is 1. The number of ether oxygens (including phenoxy) is 2. The lowest BCUT2D eigenvalue weighted by Gasteiger charge is -2.17. The summed E-state index contributed by atoms with van der Waals surface area (Å²) in [7, 11) is 4.43. The van der Waals surface area contributed by atoms with Gasteiger partial charge in [0.1, 0.15) is 5.82 Å². The summed E-state index contributed by atoms with van der Waals surface area (Å²) in [6, 6.07) is 10.1. The van der Waals surface area contributed by atoms with Gasteiger partial charge in [0, 0.05) is 19.7 Å². The van der Waals surface area contributed by atoms with Gasteiger partial charge < -0.3 is 14.4 Å². The third-order valence-corrected chi connectivity index (χ3v) is 4.92. The van der Waals surface area contributed by atoms with E-state index < -0.39 is 28.7 Å². The van der Waals surface area contributed by atoms with Gasteiger partial charge in [0.05, 0.1) is 26.5 Å². The quantitative estimate of drug-likeness (QED) is 0.553. The van der Waals surface area contributed by atoms with Crippen molar-refractivity contribution in [3.8, 4) is 17.2 Å². The molecule has 0 aliphatic heterocycles. The van der Waals surface area contributed by atoms with E-state index in [4.69, 9.17) is 9.47 Å². The van der Waals surface area contributed by atoms with E-state index in [0.717, 1.165) is 9.25 Å². The number of rotatable bonds is 7. The van der Waals surface area contributed by atoms with Gasteiger partial charge in [0.25, 0.3) is 11.5 Å². The molecule has 32 heavy (non-hydrogen) atoms. The molecule has 10 heteroatoms. The van der Waals surface area contributed by atoms with Gasteiger partial charge in [-0.1, -0.05) is 12.1 Å². The Balaban J connectivity index is 2.26. The molecule has 0 aliphatic rings. The maximum atomic E-state index is 13.7. The standard InChI is InChI=1S/C22H23FN4O5/c1-5-25(2)20(28)19-21(29)26(13-14-7-6-8-15(23)11-14)22(30)27(24-19)16-9-10-17(31-3)18(12-16)32-4/h6-12H,5,13H2,1-4H3. The normalized spacial score (nSPS) is 10.7. The Morgan fingerprint density at radius 2 is 1.81 bits per heavy atom. The average molecular weight is 442 g/mol. The number of hydrogen-bond donors (Lipinski definition) is 0. The van der Waals surface area contributed by atoms with Crippen LogP contribution in [-0.4, -0.2) is 53.0 Å². The van der Waals surface area contributed by atoms with Crippen molar-refractivity contribution in [2.75, 3.05) is 27.8 Å². The van der Waals surface area contributed by atoms with Crippen molar-refractivity contribution in [1.29, 1.82) is 0 Å². The Morgan fingerprint density at radius 1 is 1.09 bits per heavy atom. The minimum absolute atomic E-state index is 0.235. The highest BCUT2D eigenvalue weighted by Crippen LogP contribution is 2.28. The van der Waals surface area contributed by atoms with Gasteiger partial charge in [0.2, 0.25) is 5.69 Å². The van der Waals surface area contributed by atoms with Crippen molar-refractivity contribution in [3.63, 3.8) is 0 Å². The maximum absolute atomic E-state index is 13.7. The Kier molecular flexibility index (Phi) is 6.72. The van der Waals surface area contributed by atoms with Crippen LogP contribution in [0.4, 0.5) is 4.39 Å². The number of hydrogen-bond acceptors (Lipinski definition) is 6. The van der Waals surface area contributed by atoms with Gasteiger partial charge in [-0.3, -0.25) is 14.2 Å². The predicted octanol–water partition coefficient (Wildman–Crippen LogP) is 1.69. The molecule has 0 saturated heterocycles. The lowest BCUT2D eigenvalue weighted by atomic mass is 10.2. The van der Waals surface area contributed by atoms with Crippen LogP contribution < -0.4 is 20.7 Å². The van der Waals surface area contributed by atoms with Crippen LogP contribution in [0.3, 0.4) is 0 Å². The molecule has 0 atom stereocenters. The van der Waals surface area contributed by atoms with Crippen LogP contribution >= 0.6 is 0 Å². The number of nitrogens with zero attached hydrogens (tertiary/aromatic N) is 4. The van der Waals surface area contributed by atoms with E-state index in [0.29, 0.717) is 23.6 Å². The summed E-state index contributed by atoms with van der Waals surface area (Å²) in [5, 5.41) is 4.07. The fraction of sp³-hybridized carbons (Fsp3) is 0.273. The predicted molar refractivity (Wildman–Crippen MR) is 115 cm³/mol. The second kappa shape index (κ2) is 9.46. The van der Waals surface area contributed by atoms with Gasteiger partial charge >= 0.3 is 5.69 Å². The molecule has 1 amide bonds. The van der Waals surface area contributed by atoms with Crippen LogP contribution in [0.1, 0.15) is 23.0 Å². The molecule has 0 unspecified atom stereocenters. The molecular formula is C22H23FN4O5. The number of carbonyl (C=O) groups excluding carboxylic acids is 1. The van der Waals surface area contributed by atoms with Crippen LogP contribution in [0.25, 0.3) is 5.69 Å². The first-order valence-corrected chi connectivity index (χ1v) is 9.77. The molecule has 0 bridgehead atoms. The van der Waals surface area contributed by atoms with Crippen molar-refractivity contribution in [2.24, 2.45) is 0 Å². The Hall–Kier alpha value is -3.95. The highest BCUT2D eigenvalue weighted by Gasteiger charge is 2.23. The third-order valence-electron chi connectivity index (χ3n) is 4.92. The van der Waals surface area contributed by atoms with E-state index in [-0.39, 0.29) is 12.2 Å². The lowest BCUT2D eigenvalue weighted by Crippen LogP contribution is -2.46. The second-order valence-electron chi connectivity index (χ2n) is 6.92. The van der Waals surface area contributed by atoms with Crippen LogP contribution in [0, 0.1) is 5.82 Å². The molecule has 1 aromatic heterocycles. The molecule has 1 heterocycles. The molecule has 168 valence electrons. The maximum Gasteiger partial charge on any atom is 0.352 e. The van der Waals surface area contributed by atoms with Crippen LogP contribution in [0.2, 0.25) is 0 Å². The Bertz CT molecular complexity index is 1270. The fourth-order valence-corrected chi connectivity index (χ4v) is 3.06. The molecule has 2 aromatic carbocycles. The minimum Gasteiger partial charge on any atom is -0.493 e. The number of amides is 1. The van der Waals surface area contributed by atoms with E-state index in [1.807, 2.05) is 0 Å². The van der Waals surface area contributed by atoms with E-state index in [2.05, 4.69) is 5.10 Å². The number of halogens is 1. The smallest absolute Gasteiger partial charge is 0.352 e. The summed E-state index contributed by atoms with van der Waals surface area (Å²) in [5.74, 6) is -0.383. The monoisotopic (exact) mass is 442 g/mol. The van der Waals surface area contributed by atoms with Crippen molar-refractivity contribution in [3.05, 3.63) is 80.4 Å². The number of aromatic nitrogens is 3. The Morgan fingerprint density at radius 3 is 2.44 bits per heavy atom. The van der Waals surface area contributed by atoms with E-state index in [1.165, 1.54) is 50.4 Å². The molecule has 0 fully saturated rings. The lowest BCUT2D eigenvalue weighted by molar-refractivity contribution is 0.0791. The molecule has 0 aliphatic carbocycles. The number of methoxy groups -OCH3 is 2. The molecule has 0 radical (unpaired) electrons. The molecule has 9 nitrogen and oxygen atoms in total. The second-order valence-corrected chi connectivity index (χ2v) is 6.92. The Labute approximate surface area is 183 Å². The zero-order valence-corrected chi connectivity index (χ0v) is 18.2. The molecular weight excluding hydrogens is 419 g/mol. The molecule has 0 spiro atoms. The summed E-state index contributed by atoms with van der Waals surface area (Å²) in [6.45, 7) is 1.84. The van der Waals surface area contributed by atoms with Gasteiger partial charge in [0.15, 0.2) is 11.5 Å². The molecule has 0 N–H and O–H groups in total. The van der Waals surface area contributed by atoms with Gasteiger partial charge in [-0.15, -0.1) is 0 Å². The van der Waals surface area contributed by atoms with Gasteiger partial charge in [-0.25, -0.2) is 9.18 Å². The largest absolute Gasteiger partial charge is 0.493 e. The zero-order chi connectivity index (χ0) is 23.4. The highest BCUT2D eigenvalue weighted by molar-refractivity contribution is 5.91. The average Bonchev–Trinajstić information content (AvgIpc) is 2.80. The van der Waals surface area contributed by atoms with Crippen molar-refractivity contribution < 1.29 is 18.7 Å².